The molecule has 0 heterocycles. The Labute approximate surface area is 233 Å². The van der Waals surface area contributed by atoms with Crippen LogP contribution in [-0.2, 0) is 9.47 Å². The fourth-order valence-electron chi connectivity index (χ4n) is 5.02. The monoisotopic (exact) mass is 568 g/mol. The van der Waals surface area contributed by atoms with Crippen molar-refractivity contribution in [1.82, 2.24) is 0 Å². The van der Waals surface area contributed by atoms with Gasteiger partial charge in [0.2, 0.25) is 0 Å². The molecule has 0 unspecified atom stereocenters. The molecule has 0 atom stereocenters. The van der Waals surface area contributed by atoms with Crippen LogP contribution in [0.1, 0.15) is 16.7 Å². The molecule has 3 rings (SSSR count). The highest BCUT2D eigenvalue weighted by molar-refractivity contribution is 7.80. The molecule has 7 heteroatoms. The van der Waals surface area contributed by atoms with Gasteiger partial charge in [0.25, 0.3) is 0 Å². The molecule has 0 bridgehead atoms. The van der Waals surface area contributed by atoms with E-state index in [4.69, 9.17) is 18.9 Å². The van der Waals surface area contributed by atoms with Crippen LogP contribution in [0.15, 0.2) is 48.5 Å². The molecule has 3 aromatic carbocycles. The van der Waals surface area contributed by atoms with Crippen molar-refractivity contribution < 1.29 is 18.9 Å². The molecule has 0 saturated heterocycles. The van der Waals surface area contributed by atoms with Crippen molar-refractivity contribution in [2.75, 3.05) is 27.8 Å². The molecule has 0 saturated carbocycles. The molecule has 0 N–H and O–H groups in total. The Balaban J connectivity index is 2.49. The van der Waals surface area contributed by atoms with Crippen molar-refractivity contribution in [1.29, 1.82) is 0 Å². The first kappa shape index (κ1) is 30.6. The summed E-state index contributed by atoms with van der Waals surface area (Å²) in [5, 5.41) is 6.39. The van der Waals surface area contributed by atoms with Crippen LogP contribution in [0.5, 0.6) is 11.5 Å². The third kappa shape index (κ3) is 6.78. The lowest BCUT2D eigenvalue weighted by molar-refractivity contribution is 0.0525. The quantitative estimate of drug-likeness (QED) is 0.176. The Morgan fingerprint density at radius 1 is 0.632 bits per heavy atom. The van der Waals surface area contributed by atoms with E-state index < -0.39 is 24.1 Å². The number of ether oxygens (including phenoxy) is 4. The van der Waals surface area contributed by atoms with E-state index in [9.17, 15) is 0 Å². The second-order valence-electron chi connectivity index (χ2n) is 12.0. The fourth-order valence-corrected chi connectivity index (χ4v) is 11.0. The Hall–Kier alpha value is -1.96. The Bertz CT molecular complexity index is 1170. The maximum absolute atomic E-state index is 6.46. The minimum atomic E-state index is -1.73. The molecule has 0 aliphatic carbocycles. The van der Waals surface area contributed by atoms with Gasteiger partial charge < -0.3 is 18.9 Å². The lowest BCUT2D eigenvalue weighted by Gasteiger charge is -2.31. The number of aryl methyl sites for hydroxylation is 3. The van der Waals surface area contributed by atoms with Crippen LogP contribution in [0.25, 0.3) is 0 Å². The van der Waals surface area contributed by atoms with Gasteiger partial charge in [-0.2, -0.15) is 0 Å². The van der Waals surface area contributed by atoms with Crippen LogP contribution >= 0.6 is 7.92 Å². The first-order valence-electron chi connectivity index (χ1n) is 13.2. The minimum Gasteiger partial charge on any atom is -0.467 e. The summed E-state index contributed by atoms with van der Waals surface area (Å²) in [7, 11) is -1.12. The summed E-state index contributed by atoms with van der Waals surface area (Å²) in [4.78, 5) is 0. The maximum Gasteiger partial charge on any atom is 0.188 e. The molecule has 0 radical (unpaired) electrons. The Kier molecular flexibility index (Phi) is 10.0. The maximum atomic E-state index is 6.46. The van der Waals surface area contributed by atoms with Gasteiger partial charge in [0, 0.05) is 24.8 Å². The van der Waals surface area contributed by atoms with Crippen molar-refractivity contribution in [3.05, 3.63) is 65.2 Å². The van der Waals surface area contributed by atoms with Crippen molar-refractivity contribution in [3.63, 3.8) is 0 Å². The van der Waals surface area contributed by atoms with E-state index in [2.05, 4.69) is 109 Å². The Morgan fingerprint density at radius 3 is 1.37 bits per heavy atom. The van der Waals surface area contributed by atoms with Crippen LogP contribution in [0.3, 0.4) is 0 Å². The number of hydrogen-bond donors (Lipinski definition) is 0. The van der Waals surface area contributed by atoms with E-state index in [-0.39, 0.29) is 13.6 Å². The molecule has 4 nitrogen and oxygen atoms in total. The van der Waals surface area contributed by atoms with Gasteiger partial charge in [-0.3, -0.25) is 0 Å². The number of benzene rings is 3. The van der Waals surface area contributed by atoms with Gasteiger partial charge >= 0.3 is 0 Å². The van der Waals surface area contributed by atoms with Crippen LogP contribution in [0.2, 0.25) is 39.3 Å². The van der Waals surface area contributed by atoms with Crippen LogP contribution in [-0.4, -0.2) is 44.0 Å². The molecule has 0 amide bonds. The summed E-state index contributed by atoms with van der Waals surface area (Å²) in [5.74, 6) is 1.94. The van der Waals surface area contributed by atoms with Gasteiger partial charge in [0.15, 0.2) is 13.6 Å². The zero-order chi connectivity index (χ0) is 28.3. The van der Waals surface area contributed by atoms with Gasteiger partial charge in [-0.15, -0.1) is 0 Å². The zero-order valence-electron chi connectivity index (χ0n) is 25.1. The van der Waals surface area contributed by atoms with E-state index in [0.29, 0.717) is 0 Å². The minimum absolute atomic E-state index is 0.214. The number of para-hydroxylation sites is 2. The first-order valence-corrected chi connectivity index (χ1v) is 21.5. The van der Waals surface area contributed by atoms with Crippen molar-refractivity contribution in [3.8, 4) is 11.5 Å². The van der Waals surface area contributed by atoms with Gasteiger partial charge in [-0.1, -0.05) is 93.4 Å². The predicted octanol–water partition coefficient (Wildman–Crippen LogP) is 5.43. The lowest BCUT2D eigenvalue weighted by Crippen LogP contribution is -2.43. The topological polar surface area (TPSA) is 36.9 Å². The van der Waals surface area contributed by atoms with Crippen molar-refractivity contribution in [2.45, 2.75) is 60.1 Å². The summed E-state index contributed by atoms with van der Waals surface area (Å²) in [6.07, 6.45) is 0. The smallest absolute Gasteiger partial charge is 0.188 e. The summed E-state index contributed by atoms with van der Waals surface area (Å²) in [5.41, 5.74) is 3.86. The van der Waals surface area contributed by atoms with Crippen molar-refractivity contribution >= 4 is 50.4 Å². The SMILES string of the molecule is COCOc1c(P(c2cccc([Si](C)(C)C)c2OCOC)c2c(C)cc(C)cc2C)cccc1[Si](C)(C)C. The molecule has 3 aromatic rings. The van der Waals surface area contributed by atoms with Crippen molar-refractivity contribution in [2.24, 2.45) is 0 Å². The zero-order valence-corrected chi connectivity index (χ0v) is 28.0. The van der Waals surface area contributed by atoms with E-state index >= 15 is 0 Å². The third-order valence-corrected chi connectivity index (χ3v) is 13.4. The molecule has 38 heavy (non-hydrogen) atoms. The third-order valence-electron chi connectivity index (χ3n) is 6.59. The number of hydrogen-bond acceptors (Lipinski definition) is 4. The second kappa shape index (κ2) is 12.5. The molecule has 0 fully saturated rings. The Morgan fingerprint density at radius 2 is 1.03 bits per heavy atom. The largest absolute Gasteiger partial charge is 0.467 e. The highest BCUT2D eigenvalue weighted by Gasteiger charge is 2.33. The van der Waals surface area contributed by atoms with E-state index in [1.54, 1.807) is 14.2 Å². The first-order chi connectivity index (χ1) is 17.8. The molecule has 0 aliphatic heterocycles. The summed E-state index contributed by atoms with van der Waals surface area (Å²) < 4.78 is 23.8. The molecule has 0 aromatic heterocycles. The highest BCUT2D eigenvalue weighted by atomic mass is 31.1. The highest BCUT2D eigenvalue weighted by Crippen LogP contribution is 2.42. The average Bonchev–Trinajstić information content (AvgIpc) is 2.82. The van der Waals surface area contributed by atoms with Gasteiger partial charge in [-0.05, 0) is 55.5 Å². The van der Waals surface area contributed by atoms with Gasteiger partial charge in [-0.25, -0.2) is 0 Å². The summed E-state index contributed by atoms with van der Waals surface area (Å²) in [6, 6.07) is 18.0. The van der Waals surface area contributed by atoms with E-state index in [1.165, 1.54) is 43.0 Å². The molecule has 206 valence electrons. The van der Waals surface area contributed by atoms with E-state index in [1.807, 2.05) is 0 Å². The second-order valence-corrected chi connectivity index (χ2v) is 24.2. The molecular weight excluding hydrogens is 523 g/mol. The number of methoxy groups -OCH3 is 2. The predicted molar refractivity (Wildman–Crippen MR) is 170 cm³/mol. The fraction of sp³-hybridized carbons (Fsp3) is 0.419. The molecule has 0 spiro atoms. The lowest BCUT2D eigenvalue weighted by atomic mass is 10.1. The average molecular weight is 569 g/mol. The van der Waals surface area contributed by atoms with Crippen LogP contribution in [0.4, 0.5) is 0 Å². The molecular formula is C31H45O4PSi2. The normalized spacial score (nSPS) is 12.2. The van der Waals surface area contributed by atoms with E-state index in [0.717, 1.165) is 11.5 Å². The summed E-state index contributed by atoms with van der Waals surface area (Å²) in [6.45, 7) is 21.3. The number of rotatable bonds is 11. The van der Waals surface area contributed by atoms with Crippen LogP contribution in [0, 0.1) is 20.8 Å². The van der Waals surface area contributed by atoms with Crippen LogP contribution < -0.4 is 35.8 Å². The van der Waals surface area contributed by atoms with Gasteiger partial charge in [0.1, 0.15) is 11.5 Å². The standard InChI is InChI=1S/C31H45O4PSi2/c1-22-18-23(2)31(24(3)19-22)36(25-14-12-16-27(37(6,7)8)29(25)34-20-32-4)26-15-13-17-28(38(9,10)11)30(26)35-21-33-5/h12-19H,20-21H2,1-11H3. The summed E-state index contributed by atoms with van der Waals surface area (Å²) >= 11 is 0. The molecule has 0 aliphatic rings. The van der Waals surface area contributed by atoms with Gasteiger partial charge in [0.05, 0.1) is 16.1 Å².